The van der Waals surface area contributed by atoms with Crippen LogP contribution in [0, 0.1) is 6.92 Å². The Labute approximate surface area is 135 Å². The Balaban J connectivity index is 0.00000200. The molecule has 0 saturated carbocycles. The van der Waals surface area contributed by atoms with E-state index in [1.165, 1.54) is 0 Å². The molecule has 1 aromatic carbocycles. The first-order valence-electron chi connectivity index (χ1n) is 6.84. The highest BCUT2D eigenvalue weighted by atomic mass is 79.9. The SMILES string of the molecule is Cc1c(Br)cccc1C(=O)N1CCCCC1C(C)N.Cl. The first kappa shape index (κ1) is 17.5. The summed E-state index contributed by atoms with van der Waals surface area (Å²) < 4.78 is 0.979. The van der Waals surface area contributed by atoms with Crippen LogP contribution in [0.4, 0.5) is 0 Å². The topological polar surface area (TPSA) is 46.3 Å². The summed E-state index contributed by atoms with van der Waals surface area (Å²) in [5, 5.41) is 0. The lowest BCUT2D eigenvalue weighted by Crippen LogP contribution is -2.51. The molecule has 1 amide bonds. The van der Waals surface area contributed by atoms with Crippen molar-refractivity contribution < 1.29 is 4.79 Å². The van der Waals surface area contributed by atoms with Gasteiger partial charge in [0.2, 0.25) is 0 Å². The van der Waals surface area contributed by atoms with Gasteiger partial charge in [-0.3, -0.25) is 4.79 Å². The van der Waals surface area contributed by atoms with Crippen LogP contribution >= 0.6 is 28.3 Å². The van der Waals surface area contributed by atoms with E-state index in [1.807, 2.05) is 36.9 Å². The summed E-state index contributed by atoms with van der Waals surface area (Å²) in [5.41, 5.74) is 7.82. The van der Waals surface area contributed by atoms with E-state index in [4.69, 9.17) is 5.73 Å². The fourth-order valence-corrected chi connectivity index (χ4v) is 3.12. The van der Waals surface area contributed by atoms with E-state index in [-0.39, 0.29) is 30.4 Å². The minimum absolute atomic E-state index is 0. The van der Waals surface area contributed by atoms with Crippen LogP contribution in [-0.4, -0.2) is 29.4 Å². The van der Waals surface area contributed by atoms with Crippen molar-refractivity contribution in [3.8, 4) is 0 Å². The molecule has 2 rings (SSSR count). The maximum atomic E-state index is 12.7. The summed E-state index contributed by atoms with van der Waals surface area (Å²) in [6, 6.07) is 5.96. The van der Waals surface area contributed by atoms with Gasteiger partial charge in [-0.25, -0.2) is 0 Å². The zero-order valence-electron chi connectivity index (χ0n) is 11.9. The van der Waals surface area contributed by atoms with Gasteiger partial charge in [-0.15, -0.1) is 12.4 Å². The van der Waals surface area contributed by atoms with Crippen molar-refractivity contribution in [1.29, 1.82) is 0 Å². The van der Waals surface area contributed by atoms with Gasteiger partial charge in [0.05, 0.1) is 0 Å². The van der Waals surface area contributed by atoms with Crippen LogP contribution in [0.1, 0.15) is 42.1 Å². The number of piperidine rings is 1. The minimum Gasteiger partial charge on any atom is -0.334 e. The molecule has 1 aliphatic heterocycles. The largest absolute Gasteiger partial charge is 0.334 e. The summed E-state index contributed by atoms with van der Waals surface area (Å²) in [4.78, 5) is 14.7. The number of amides is 1. The second-order valence-corrected chi connectivity index (χ2v) is 6.19. The Morgan fingerprint density at radius 2 is 2.15 bits per heavy atom. The first-order chi connectivity index (χ1) is 9.02. The average molecular weight is 362 g/mol. The second kappa shape index (κ2) is 7.43. The van der Waals surface area contributed by atoms with Gasteiger partial charge in [0.1, 0.15) is 0 Å². The number of hydrogen-bond donors (Lipinski definition) is 1. The number of nitrogens with zero attached hydrogens (tertiary/aromatic N) is 1. The van der Waals surface area contributed by atoms with Crippen molar-refractivity contribution in [3.05, 3.63) is 33.8 Å². The fraction of sp³-hybridized carbons (Fsp3) is 0.533. The van der Waals surface area contributed by atoms with E-state index in [9.17, 15) is 4.79 Å². The third-order valence-corrected chi connectivity index (χ3v) is 4.77. The lowest BCUT2D eigenvalue weighted by Gasteiger charge is -2.38. The quantitative estimate of drug-likeness (QED) is 0.876. The molecule has 0 spiro atoms. The van der Waals surface area contributed by atoms with Crippen LogP contribution < -0.4 is 5.73 Å². The third kappa shape index (κ3) is 3.54. The van der Waals surface area contributed by atoms with Crippen molar-refractivity contribution in [1.82, 2.24) is 4.90 Å². The highest BCUT2D eigenvalue weighted by Gasteiger charge is 2.30. The van der Waals surface area contributed by atoms with Gasteiger partial charge in [-0.1, -0.05) is 22.0 Å². The molecule has 0 aliphatic carbocycles. The molecule has 1 fully saturated rings. The number of carbonyl (C=O) groups excluding carboxylic acids is 1. The molecule has 0 bridgehead atoms. The van der Waals surface area contributed by atoms with E-state index >= 15 is 0 Å². The summed E-state index contributed by atoms with van der Waals surface area (Å²) in [6.45, 7) is 4.78. The minimum atomic E-state index is 0. The molecule has 20 heavy (non-hydrogen) atoms. The molecular weight excluding hydrogens is 340 g/mol. The molecule has 0 aromatic heterocycles. The maximum absolute atomic E-state index is 12.7. The van der Waals surface area contributed by atoms with Crippen LogP contribution in [0.5, 0.6) is 0 Å². The van der Waals surface area contributed by atoms with Crippen LogP contribution in [0.25, 0.3) is 0 Å². The lowest BCUT2D eigenvalue weighted by atomic mass is 9.95. The average Bonchev–Trinajstić information content (AvgIpc) is 2.41. The van der Waals surface area contributed by atoms with Gasteiger partial charge in [0, 0.05) is 28.7 Å². The van der Waals surface area contributed by atoms with E-state index in [0.717, 1.165) is 41.4 Å². The van der Waals surface area contributed by atoms with Gasteiger partial charge >= 0.3 is 0 Å². The van der Waals surface area contributed by atoms with Crippen LogP contribution in [-0.2, 0) is 0 Å². The predicted octanol–water partition coefficient (Wildman–Crippen LogP) is 3.52. The molecule has 1 saturated heterocycles. The van der Waals surface area contributed by atoms with E-state index < -0.39 is 0 Å². The third-order valence-electron chi connectivity index (χ3n) is 3.92. The van der Waals surface area contributed by atoms with Crippen molar-refractivity contribution >= 4 is 34.2 Å². The molecule has 112 valence electrons. The number of halogens is 2. The zero-order valence-corrected chi connectivity index (χ0v) is 14.3. The van der Waals surface area contributed by atoms with Gasteiger partial charge in [0.15, 0.2) is 0 Å². The van der Waals surface area contributed by atoms with Crippen molar-refractivity contribution in [2.24, 2.45) is 5.73 Å². The van der Waals surface area contributed by atoms with E-state index in [0.29, 0.717) is 0 Å². The zero-order chi connectivity index (χ0) is 14.0. The maximum Gasteiger partial charge on any atom is 0.254 e. The highest BCUT2D eigenvalue weighted by Crippen LogP contribution is 2.25. The lowest BCUT2D eigenvalue weighted by molar-refractivity contribution is 0.0583. The predicted molar refractivity (Wildman–Crippen MR) is 88.5 cm³/mol. The fourth-order valence-electron chi connectivity index (χ4n) is 2.75. The van der Waals surface area contributed by atoms with Crippen molar-refractivity contribution in [3.63, 3.8) is 0 Å². The molecule has 3 nitrogen and oxygen atoms in total. The van der Waals surface area contributed by atoms with Crippen LogP contribution in [0.15, 0.2) is 22.7 Å². The van der Waals surface area contributed by atoms with Crippen LogP contribution in [0.3, 0.4) is 0 Å². The first-order valence-corrected chi connectivity index (χ1v) is 7.63. The Morgan fingerprint density at radius 3 is 2.80 bits per heavy atom. The number of nitrogens with two attached hydrogens (primary N) is 1. The molecule has 1 aliphatic rings. The highest BCUT2D eigenvalue weighted by molar-refractivity contribution is 9.10. The van der Waals surface area contributed by atoms with Gasteiger partial charge < -0.3 is 10.6 Å². The monoisotopic (exact) mass is 360 g/mol. The van der Waals surface area contributed by atoms with Gasteiger partial charge in [0.25, 0.3) is 5.91 Å². The Bertz CT molecular complexity index is 479. The number of carbonyl (C=O) groups is 1. The summed E-state index contributed by atoms with van der Waals surface area (Å²) >= 11 is 3.49. The summed E-state index contributed by atoms with van der Waals surface area (Å²) in [7, 11) is 0. The molecule has 1 aromatic rings. The number of hydrogen-bond acceptors (Lipinski definition) is 2. The standard InChI is InChI=1S/C15H21BrN2O.ClH/c1-10-12(6-5-7-13(10)16)15(19)18-9-4-3-8-14(18)11(2)17;/h5-7,11,14H,3-4,8-9,17H2,1-2H3;1H. The van der Waals surface area contributed by atoms with E-state index in [2.05, 4.69) is 15.9 Å². The van der Waals surface area contributed by atoms with Gasteiger partial charge in [-0.05, 0) is 50.8 Å². The molecular formula is C15H22BrClN2O. The van der Waals surface area contributed by atoms with Gasteiger partial charge in [-0.2, -0.15) is 0 Å². The number of likely N-dealkylation sites (tertiary alicyclic amines) is 1. The normalized spacial score (nSPS) is 20.2. The molecule has 2 unspecified atom stereocenters. The molecule has 1 heterocycles. The van der Waals surface area contributed by atoms with E-state index in [1.54, 1.807) is 0 Å². The van der Waals surface area contributed by atoms with Crippen molar-refractivity contribution in [2.75, 3.05) is 6.54 Å². The Kier molecular flexibility index (Phi) is 6.49. The van der Waals surface area contributed by atoms with Crippen LogP contribution in [0.2, 0.25) is 0 Å². The molecule has 2 atom stereocenters. The summed E-state index contributed by atoms with van der Waals surface area (Å²) in [5.74, 6) is 0.112. The van der Waals surface area contributed by atoms with Crippen molar-refractivity contribution in [2.45, 2.75) is 45.2 Å². The second-order valence-electron chi connectivity index (χ2n) is 5.33. The Hall–Kier alpha value is -0.580. The number of rotatable bonds is 2. The Morgan fingerprint density at radius 1 is 1.45 bits per heavy atom. The smallest absolute Gasteiger partial charge is 0.254 e. The molecule has 2 N–H and O–H groups in total. The molecule has 5 heteroatoms. The number of benzene rings is 1. The summed E-state index contributed by atoms with van der Waals surface area (Å²) in [6.07, 6.45) is 3.24. The molecule has 0 radical (unpaired) electrons.